The van der Waals surface area contributed by atoms with Crippen LogP contribution in [0.15, 0.2) is 12.5 Å². The van der Waals surface area contributed by atoms with Gasteiger partial charge in [0.2, 0.25) is 0 Å². The molecule has 0 fully saturated rings. The van der Waals surface area contributed by atoms with Gasteiger partial charge < -0.3 is 11.1 Å². The van der Waals surface area contributed by atoms with E-state index in [1.165, 1.54) is 0 Å². The van der Waals surface area contributed by atoms with Crippen molar-refractivity contribution in [3.05, 3.63) is 12.5 Å². The first kappa shape index (κ1) is 10.8. The third-order valence-electron chi connectivity index (χ3n) is 2.55. The molecule has 0 bridgehead atoms. The van der Waals surface area contributed by atoms with Gasteiger partial charge in [-0.3, -0.25) is 4.68 Å². The van der Waals surface area contributed by atoms with Crippen LogP contribution in [0.25, 0.3) is 11.0 Å². The van der Waals surface area contributed by atoms with Gasteiger partial charge in [0, 0.05) is 13.6 Å². The molecule has 1 atom stereocenters. The van der Waals surface area contributed by atoms with E-state index in [1.54, 1.807) is 17.2 Å². The number of nitrogens with one attached hydrogen (secondary N) is 1. The van der Waals surface area contributed by atoms with Crippen LogP contribution < -0.4 is 11.1 Å². The highest BCUT2D eigenvalue weighted by atomic mass is 15.3. The fraction of sp³-hybridized carbons (Fsp3) is 0.500. The molecule has 2 heterocycles. The second kappa shape index (κ2) is 4.44. The number of fused-ring (bicyclic) bond motifs is 1. The second-order valence-corrected chi connectivity index (χ2v) is 3.95. The maximum absolute atomic E-state index is 5.56. The summed E-state index contributed by atoms with van der Waals surface area (Å²) < 4.78 is 1.73. The summed E-state index contributed by atoms with van der Waals surface area (Å²) in [5.41, 5.74) is 6.40. The summed E-state index contributed by atoms with van der Waals surface area (Å²) in [7, 11) is 1.86. The van der Waals surface area contributed by atoms with Crippen LogP contribution in [-0.2, 0) is 7.05 Å². The fourth-order valence-electron chi connectivity index (χ4n) is 1.46. The van der Waals surface area contributed by atoms with Crippen molar-refractivity contribution in [2.24, 2.45) is 18.7 Å². The lowest BCUT2D eigenvalue weighted by Crippen LogP contribution is -2.20. The molecule has 2 aromatic heterocycles. The second-order valence-electron chi connectivity index (χ2n) is 3.95. The molecular weight excluding hydrogens is 204 g/mol. The minimum absolute atomic E-state index is 0.418. The molecule has 1 unspecified atom stereocenters. The molecule has 0 spiro atoms. The molecule has 86 valence electrons. The summed E-state index contributed by atoms with van der Waals surface area (Å²) in [6, 6.07) is 0. The molecule has 0 saturated carbocycles. The first-order chi connectivity index (χ1) is 7.72. The number of nitrogens with two attached hydrogens (primary N) is 1. The zero-order chi connectivity index (χ0) is 11.5. The maximum Gasteiger partial charge on any atom is 0.163 e. The van der Waals surface area contributed by atoms with Crippen LogP contribution in [0.5, 0.6) is 0 Å². The Morgan fingerprint density at radius 2 is 2.31 bits per heavy atom. The van der Waals surface area contributed by atoms with Gasteiger partial charge in [0.05, 0.1) is 11.6 Å². The Balaban J connectivity index is 2.24. The van der Waals surface area contributed by atoms with E-state index in [0.717, 1.165) is 23.4 Å². The SMILES string of the molecule is CC(CN)CNc1ncnc2c1cnn2C. The van der Waals surface area contributed by atoms with E-state index in [1.807, 2.05) is 7.05 Å². The highest BCUT2D eigenvalue weighted by Crippen LogP contribution is 2.17. The van der Waals surface area contributed by atoms with Crippen molar-refractivity contribution in [3.8, 4) is 0 Å². The van der Waals surface area contributed by atoms with E-state index in [4.69, 9.17) is 5.73 Å². The molecule has 2 aromatic rings. The van der Waals surface area contributed by atoms with Crippen molar-refractivity contribution in [1.82, 2.24) is 19.7 Å². The zero-order valence-electron chi connectivity index (χ0n) is 9.51. The van der Waals surface area contributed by atoms with Crippen LogP contribution in [0.4, 0.5) is 5.82 Å². The first-order valence-corrected chi connectivity index (χ1v) is 5.29. The Bertz CT molecular complexity index is 477. The van der Waals surface area contributed by atoms with Gasteiger partial charge in [0.15, 0.2) is 5.65 Å². The van der Waals surface area contributed by atoms with Crippen LogP contribution in [0.1, 0.15) is 6.92 Å². The quantitative estimate of drug-likeness (QED) is 0.778. The van der Waals surface area contributed by atoms with Crippen molar-refractivity contribution in [3.63, 3.8) is 0 Å². The molecule has 16 heavy (non-hydrogen) atoms. The highest BCUT2D eigenvalue weighted by molar-refractivity contribution is 5.85. The van der Waals surface area contributed by atoms with Gasteiger partial charge in [0.1, 0.15) is 12.1 Å². The molecule has 3 N–H and O–H groups in total. The lowest BCUT2D eigenvalue weighted by Gasteiger charge is -2.10. The molecule has 0 aliphatic rings. The lowest BCUT2D eigenvalue weighted by molar-refractivity contribution is 0.627. The Morgan fingerprint density at radius 1 is 1.50 bits per heavy atom. The summed E-state index contributed by atoms with van der Waals surface area (Å²) in [5, 5.41) is 8.36. The molecule has 0 aliphatic heterocycles. The smallest absolute Gasteiger partial charge is 0.163 e. The number of nitrogens with zero attached hydrogens (tertiary/aromatic N) is 4. The van der Waals surface area contributed by atoms with Gasteiger partial charge in [-0.15, -0.1) is 0 Å². The van der Waals surface area contributed by atoms with Crippen molar-refractivity contribution in [1.29, 1.82) is 0 Å². The molecule has 0 radical (unpaired) electrons. The van der Waals surface area contributed by atoms with E-state index in [-0.39, 0.29) is 0 Å². The standard InChI is InChI=1S/C10H16N6/c1-7(3-11)4-12-9-8-5-15-16(2)10(8)14-6-13-9/h5-7H,3-4,11H2,1-2H3,(H,12,13,14). The van der Waals surface area contributed by atoms with Gasteiger partial charge in [-0.2, -0.15) is 5.10 Å². The minimum atomic E-state index is 0.418. The van der Waals surface area contributed by atoms with Gasteiger partial charge in [-0.25, -0.2) is 9.97 Å². The average Bonchev–Trinajstić information content (AvgIpc) is 2.69. The van der Waals surface area contributed by atoms with E-state index < -0.39 is 0 Å². The Kier molecular flexibility index (Phi) is 3.00. The van der Waals surface area contributed by atoms with E-state index in [9.17, 15) is 0 Å². The molecule has 6 nitrogen and oxygen atoms in total. The largest absolute Gasteiger partial charge is 0.369 e. The van der Waals surface area contributed by atoms with Gasteiger partial charge in [-0.1, -0.05) is 6.92 Å². The number of aromatic nitrogens is 4. The van der Waals surface area contributed by atoms with E-state index in [0.29, 0.717) is 12.5 Å². The Labute approximate surface area is 93.9 Å². The lowest BCUT2D eigenvalue weighted by atomic mass is 10.2. The summed E-state index contributed by atoms with van der Waals surface area (Å²) >= 11 is 0. The minimum Gasteiger partial charge on any atom is -0.369 e. The maximum atomic E-state index is 5.56. The number of rotatable bonds is 4. The summed E-state index contributed by atoms with van der Waals surface area (Å²) in [6.45, 7) is 3.56. The van der Waals surface area contributed by atoms with Gasteiger partial charge >= 0.3 is 0 Å². The summed E-state index contributed by atoms with van der Waals surface area (Å²) in [5.74, 6) is 1.24. The van der Waals surface area contributed by atoms with Crippen LogP contribution >= 0.6 is 0 Å². The van der Waals surface area contributed by atoms with Crippen LogP contribution in [0.2, 0.25) is 0 Å². The summed E-state index contributed by atoms with van der Waals surface area (Å²) in [6.07, 6.45) is 3.31. The molecule has 0 aliphatic carbocycles. The Morgan fingerprint density at radius 3 is 3.06 bits per heavy atom. The molecule has 6 heteroatoms. The third kappa shape index (κ3) is 1.96. The number of hydrogen-bond acceptors (Lipinski definition) is 5. The topological polar surface area (TPSA) is 81.7 Å². The monoisotopic (exact) mass is 220 g/mol. The molecule has 0 saturated heterocycles. The van der Waals surface area contributed by atoms with Gasteiger partial charge in [-0.05, 0) is 12.5 Å². The Hall–Kier alpha value is -1.69. The molecule has 2 rings (SSSR count). The number of aryl methyl sites for hydroxylation is 1. The highest BCUT2D eigenvalue weighted by Gasteiger charge is 2.07. The van der Waals surface area contributed by atoms with Gasteiger partial charge in [0.25, 0.3) is 0 Å². The van der Waals surface area contributed by atoms with Crippen molar-refractivity contribution in [2.75, 3.05) is 18.4 Å². The first-order valence-electron chi connectivity index (χ1n) is 5.29. The predicted molar refractivity (Wildman–Crippen MR) is 63.0 cm³/mol. The molecule has 0 aromatic carbocycles. The normalized spacial score (nSPS) is 12.9. The third-order valence-corrected chi connectivity index (χ3v) is 2.55. The molecular formula is C10H16N6. The van der Waals surface area contributed by atoms with Crippen LogP contribution in [-0.4, -0.2) is 32.8 Å². The van der Waals surface area contributed by atoms with Crippen molar-refractivity contribution >= 4 is 16.9 Å². The zero-order valence-corrected chi connectivity index (χ0v) is 9.51. The average molecular weight is 220 g/mol. The van der Waals surface area contributed by atoms with E-state index in [2.05, 4.69) is 27.3 Å². The van der Waals surface area contributed by atoms with Crippen LogP contribution in [0, 0.1) is 5.92 Å². The fourth-order valence-corrected chi connectivity index (χ4v) is 1.46. The predicted octanol–water partition coefficient (Wildman–Crippen LogP) is 0.370. The van der Waals surface area contributed by atoms with Crippen molar-refractivity contribution < 1.29 is 0 Å². The van der Waals surface area contributed by atoms with Crippen molar-refractivity contribution in [2.45, 2.75) is 6.92 Å². The molecule has 0 amide bonds. The van der Waals surface area contributed by atoms with Crippen LogP contribution in [0.3, 0.4) is 0 Å². The number of hydrogen-bond donors (Lipinski definition) is 2. The number of anilines is 1. The summed E-state index contributed by atoms with van der Waals surface area (Å²) in [4.78, 5) is 8.38. The van der Waals surface area contributed by atoms with E-state index >= 15 is 0 Å².